The summed E-state index contributed by atoms with van der Waals surface area (Å²) >= 11 is 5.83. The van der Waals surface area contributed by atoms with Gasteiger partial charge in [0.15, 0.2) is 5.78 Å². The molecule has 2 N–H and O–H groups in total. The number of halogens is 1. The smallest absolute Gasteiger partial charge is 0.274 e. The Morgan fingerprint density at radius 3 is 1.96 bits per heavy atom. The minimum atomic E-state index is -0.461. The molecule has 0 radical (unpaired) electrons. The monoisotopic (exact) mass is 393 g/mol. The number of carbonyl (C=O) groups excluding carboxylic acids is 3. The maximum Gasteiger partial charge on any atom is 0.274 e. The van der Waals surface area contributed by atoms with Crippen molar-refractivity contribution in [2.45, 2.75) is 6.92 Å². The fourth-order valence-electron chi connectivity index (χ4n) is 2.42. The first-order valence-corrected chi connectivity index (χ1v) is 8.75. The number of nitrogens with one attached hydrogen (secondary N) is 2. The molecule has 0 saturated heterocycles. The summed E-state index contributed by atoms with van der Waals surface area (Å²) in [6, 6.07) is 16.1. The summed E-state index contributed by atoms with van der Waals surface area (Å²) < 4.78 is 0. The minimum absolute atomic E-state index is 0.0565. The van der Waals surface area contributed by atoms with E-state index in [0.717, 1.165) is 0 Å². The average Bonchev–Trinajstić information content (AvgIpc) is 2.70. The predicted octanol–water partition coefficient (Wildman–Crippen LogP) is 4.44. The molecule has 0 saturated carbocycles. The molecule has 2 aromatic carbocycles. The molecule has 7 heteroatoms. The highest BCUT2D eigenvalue weighted by atomic mass is 35.5. The second-order valence-corrected chi connectivity index (χ2v) is 6.41. The van der Waals surface area contributed by atoms with Crippen LogP contribution in [0.4, 0.5) is 11.4 Å². The topological polar surface area (TPSA) is 88.2 Å². The van der Waals surface area contributed by atoms with Gasteiger partial charge in [-0.25, -0.2) is 0 Å². The molecule has 6 nitrogen and oxygen atoms in total. The van der Waals surface area contributed by atoms with Crippen molar-refractivity contribution in [2.75, 3.05) is 10.6 Å². The molecule has 0 bridgehead atoms. The van der Waals surface area contributed by atoms with Crippen molar-refractivity contribution in [2.24, 2.45) is 0 Å². The van der Waals surface area contributed by atoms with E-state index in [1.165, 1.54) is 25.3 Å². The van der Waals surface area contributed by atoms with Crippen molar-refractivity contribution in [3.8, 4) is 0 Å². The Morgan fingerprint density at radius 1 is 0.786 bits per heavy atom. The summed E-state index contributed by atoms with van der Waals surface area (Å²) in [6.45, 7) is 1.47. The Balaban J connectivity index is 1.71. The van der Waals surface area contributed by atoms with Gasteiger partial charge in [-0.15, -0.1) is 0 Å². The zero-order valence-corrected chi connectivity index (χ0v) is 15.7. The van der Waals surface area contributed by atoms with E-state index >= 15 is 0 Å². The van der Waals surface area contributed by atoms with Gasteiger partial charge >= 0.3 is 0 Å². The summed E-state index contributed by atoms with van der Waals surface area (Å²) in [6.07, 6.45) is 1.39. The van der Waals surface area contributed by atoms with Gasteiger partial charge in [0.2, 0.25) is 0 Å². The van der Waals surface area contributed by atoms with Gasteiger partial charge in [0, 0.05) is 33.7 Å². The minimum Gasteiger partial charge on any atom is -0.322 e. The van der Waals surface area contributed by atoms with Crippen molar-refractivity contribution in [1.29, 1.82) is 0 Å². The molecule has 0 fully saturated rings. The molecule has 3 aromatic rings. The summed E-state index contributed by atoms with van der Waals surface area (Å²) in [7, 11) is 0. The molecule has 0 aliphatic rings. The van der Waals surface area contributed by atoms with Crippen LogP contribution in [0.15, 0.2) is 66.9 Å². The van der Waals surface area contributed by atoms with E-state index in [1.807, 2.05) is 0 Å². The van der Waals surface area contributed by atoms with Gasteiger partial charge in [-0.1, -0.05) is 11.6 Å². The van der Waals surface area contributed by atoms with Crippen molar-refractivity contribution in [3.05, 3.63) is 88.7 Å². The van der Waals surface area contributed by atoms with Crippen LogP contribution >= 0.6 is 11.6 Å². The third kappa shape index (κ3) is 4.81. The van der Waals surface area contributed by atoms with Gasteiger partial charge in [0.05, 0.1) is 0 Å². The van der Waals surface area contributed by atoms with E-state index < -0.39 is 5.91 Å². The van der Waals surface area contributed by atoms with Crippen molar-refractivity contribution in [3.63, 3.8) is 0 Å². The number of aromatic nitrogens is 1. The van der Waals surface area contributed by atoms with Gasteiger partial charge in [0.25, 0.3) is 11.8 Å². The first kappa shape index (κ1) is 19.3. The number of nitrogens with zero attached hydrogens (tertiary/aromatic N) is 1. The van der Waals surface area contributed by atoms with E-state index in [9.17, 15) is 14.4 Å². The third-order valence-electron chi connectivity index (χ3n) is 3.91. The number of amides is 2. The zero-order valence-electron chi connectivity index (χ0n) is 14.9. The average molecular weight is 394 g/mol. The van der Waals surface area contributed by atoms with Gasteiger partial charge < -0.3 is 10.6 Å². The Labute approximate surface area is 166 Å². The lowest BCUT2D eigenvalue weighted by molar-refractivity contribution is 0.101. The first-order valence-electron chi connectivity index (χ1n) is 8.38. The maximum absolute atomic E-state index is 12.4. The highest BCUT2D eigenvalue weighted by molar-refractivity contribution is 6.30. The Hall–Kier alpha value is -3.51. The molecule has 0 unspecified atom stereocenters. The molecule has 0 aliphatic carbocycles. The third-order valence-corrected chi connectivity index (χ3v) is 4.16. The van der Waals surface area contributed by atoms with Gasteiger partial charge in [0.1, 0.15) is 5.69 Å². The standard InChI is InChI=1S/C21H16ClN3O3/c1-13(26)14-2-6-17(7-3-14)25-21(28)19-12-15(10-11-23-19)20(27)24-18-8-4-16(22)5-9-18/h2-12H,1H3,(H,24,27)(H,25,28). The van der Waals surface area contributed by atoms with E-state index in [2.05, 4.69) is 15.6 Å². The molecule has 0 aliphatic heterocycles. The van der Waals surface area contributed by atoms with Crippen LogP contribution in [0.5, 0.6) is 0 Å². The van der Waals surface area contributed by atoms with Gasteiger partial charge in [-0.05, 0) is 67.6 Å². The molecule has 140 valence electrons. The molecule has 3 rings (SSSR count). The van der Waals surface area contributed by atoms with Gasteiger partial charge in [-0.3, -0.25) is 19.4 Å². The molecular weight excluding hydrogens is 378 g/mol. The van der Waals surface area contributed by atoms with Gasteiger partial charge in [-0.2, -0.15) is 0 Å². The van der Waals surface area contributed by atoms with Crippen LogP contribution in [0.1, 0.15) is 38.1 Å². The molecular formula is C21H16ClN3O3. The fourth-order valence-corrected chi connectivity index (χ4v) is 2.54. The summed E-state index contributed by atoms with van der Waals surface area (Å²) in [5.41, 5.74) is 2.05. The number of hydrogen-bond donors (Lipinski definition) is 2. The lowest BCUT2D eigenvalue weighted by atomic mass is 10.1. The van der Waals surface area contributed by atoms with Crippen LogP contribution < -0.4 is 10.6 Å². The summed E-state index contributed by atoms with van der Waals surface area (Å²) in [5.74, 6) is -0.889. The van der Waals surface area contributed by atoms with E-state index in [0.29, 0.717) is 27.5 Å². The van der Waals surface area contributed by atoms with Crippen molar-refractivity contribution in [1.82, 2.24) is 4.98 Å². The number of anilines is 2. The van der Waals surface area contributed by atoms with Crippen LogP contribution in [0.2, 0.25) is 5.02 Å². The number of Topliss-reactive ketones (excluding diaryl/α,β-unsaturated/α-hetero) is 1. The number of ketones is 1. The predicted molar refractivity (Wildman–Crippen MR) is 108 cm³/mol. The second kappa shape index (κ2) is 8.45. The highest BCUT2D eigenvalue weighted by Gasteiger charge is 2.13. The van der Waals surface area contributed by atoms with Crippen LogP contribution in [-0.4, -0.2) is 22.6 Å². The molecule has 28 heavy (non-hydrogen) atoms. The quantitative estimate of drug-likeness (QED) is 0.627. The molecule has 1 heterocycles. The number of hydrogen-bond acceptors (Lipinski definition) is 4. The van der Waals surface area contributed by atoms with E-state index in [1.54, 1.807) is 48.5 Å². The first-order chi connectivity index (χ1) is 13.4. The van der Waals surface area contributed by atoms with Crippen LogP contribution in [0, 0.1) is 0 Å². The second-order valence-electron chi connectivity index (χ2n) is 5.98. The normalized spacial score (nSPS) is 10.2. The van der Waals surface area contributed by atoms with E-state index in [4.69, 9.17) is 11.6 Å². The summed E-state index contributed by atoms with van der Waals surface area (Å²) in [4.78, 5) is 40.1. The summed E-state index contributed by atoms with van der Waals surface area (Å²) in [5, 5.41) is 5.98. The molecule has 2 amide bonds. The van der Waals surface area contributed by atoms with Crippen molar-refractivity contribution >= 4 is 40.6 Å². The van der Waals surface area contributed by atoms with Crippen LogP contribution in [-0.2, 0) is 0 Å². The highest BCUT2D eigenvalue weighted by Crippen LogP contribution is 2.15. The maximum atomic E-state index is 12.4. The Kier molecular flexibility index (Phi) is 5.81. The Morgan fingerprint density at radius 2 is 1.36 bits per heavy atom. The SMILES string of the molecule is CC(=O)c1ccc(NC(=O)c2cc(C(=O)Nc3ccc(Cl)cc3)ccn2)cc1. The molecule has 0 atom stereocenters. The van der Waals surface area contributed by atoms with Crippen LogP contribution in [0.3, 0.4) is 0 Å². The van der Waals surface area contributed by atoms with Crippen molar-refractivity contribution < 1.29 is 14.4 Å². The van der Waals surface area contributed by atoms with Crippen LogP contribution in [0.25, 0.3) is 0 Å². The fraction of sp³-hybridized carbons (Fsp3) is 0.0476. The largest absolute Gasteiger partial charge is 0.322 e. The number of pyridine rings is 1. The molecule has 1 aromatic heterocycles. The lowest BCUT2D eigenvalue weighted by Crippen LogP contribution is -2.17. The zero-order chi connectivity index (χ0) is 20.1. The molecule has 0 spiro atoms. The number of benzene rings is 2. The Bertz CT molecular complexity index is 1030. The lowest BCUT2D eigenvalue weighted by Gasteiger charge is -2.08. The number of carbonyl (C=O) groups is 3. The van der Waals surface area contributed by atoms with E-state index in [-0.39, 0.29) is 17.4 Å². The number of rotatable bonds is 5.